The quantitative estimate of drug-likeness (QED) is 0.815. The van der Waals surface area contributed by atoms with E-state index in [1.54, 1.807) is 27.2 Å². The third kappa shape index (κ3) is 3.15. The fraction of sp³-hybridized carbons (Fsp3) is 0.571. The molecule has 0 heterocycles. The van der Waals surface area contributed by atoms with Crippen molar-refractivity contribution >= 4 is 0 Å². The lowest BCUT2D eigenvalue weighted by molar-refractivity contribution is 0.0373. The Hall–Kier alpha value is -1.26. The molecular weight excluding hydrogens is 232 g/mol. The van der Waals surface area contributed by atoms with Gasteiger partial charge < -0.3 is 19.7 Å². The maximum atomic E-state index is 10.5. The van der Waals surface area contributed by atoms with Crippen LogP contribution in [0, 0.1) is 6.92 Å². The summed E-state index contributed by atoms with van der Waals surface area (Å²) in [6.45, 7) is 3.71. The minimum atomic E-state index is -1.02. The van der Waals surface area contributed by atoms with Crippen LogP contribution < -0.4 is 9.47 Å². The summed E-state index contributed by atoms with van der Waals surface area (Å²) in [5, 5.41) is 19.4. The number of aliphatic hydroxyl groups is 2. The van der Waals surface area contributed by atoms with E-state index < -0.39 is 5.60 Å². The van der Waals surface area contributed by atoms with Crippen molar-refractivity contribution in [2.75, 3.05) is 20.8 Å². The van der Waals surface area contributed by atoms with E-state index in [0.29, 0.717) is 24.3 Å². The summed E-state index contributed by atoms with van der Waals surface area (Å²) in [7, 11) is 3.16. The first-order valence-corrected chi connectivity index (χ1v) is 6.02. The van der Waals surface area contributed by atoms with E-state index >= 15 is 0 Å². The van der Waals surface area contributed by atoms with Gasteiger partial charge in [-0.15, -0.1) is 0 Å². The Kier molecular flexibility index (Phi) is 4.99. The summed E-state index contributed by atoms with van der Waals surface area (Å²) >= 11 is 0. The van der Waals surface area contributed by atoms with Gasteiger partial charge in [-0.05, 0) is 38.3 Å². The van der Waals surface area contributed by atoms with Crippen molar-refractivity contribution in [3.05, 3.63) is 23.3 Å². The summed E-state index contributed by atoms with van der Waals surface area (Å²) in [6, 6.07) is 3.63. The molecule has 0 saturated heterocycles. The van der Waals surface area contributed by atoms with Gasteiger partial charge in [0.2, 0.25) is 0 Å². The summed E-state index contributed by atoms with van der Waals surface area (Å²) in [6.07, 6.45) is 1.02. The molecule has 1 rings (SSSR count). The Bertz CT molecular complexity index is 399. The summed E-state index contributed by atoms with van der Waals surface area (Å²) in [5.74, 6) is 1.31. The van der Waals surface area contributed by atoms with Crippen LogP contribution in [0.1, 0.15) is 30.9 Å². The fourth-order valence-electron chi connectivity index (χ4n) is 2.24. The zero-order valence-corrected chi connectivity index (χ0v) is 11.5. The van der Waals surface area contributed by atoms with Crippen molar-refractivity contribution in [2.45, 2.75) is 32.3 Å². The molecule has 18 heavy (non-hydrogen) atoms. The minimum Gasteiger partial charge on any atom is -0.497 e. The second-order valence-corrected chi connectivity index (χ2v) is 4.62. The average Bonchev–Trinajstić information content (AvgIpc) is 2.34. The molecule has 0 fully saturated rings. The van der Waals surface area contributed by atoms with Crippen molar-refractivity contribution in [1.29, 1.82) is 0 Å². The van der Waals surface area contributed by atoms with Gasteiger partial charge in [-0.25, -0.2) is 0 Å². The first-order valence-electron chi connectivity index (χ1n) is 6.02. The predicted molar refractivity (Wildman–Crippen MR) is 70.2 cm³/mol. The van der Waals surface area contributed by atoms with Crippen LogP contribution in [0.25, 0.3) is 0 Å². The van der Waals surface area contributed by atoms with Crippen LogP contribution >= 0.6 is 0 Å². The first-order chi connectivity index (χ1) is 8.46. The molecule has 1 aromatic carbocycles. The number of ether oxygens (including phenoxy) is 2. The highest BCUT2D eigenvalue weighted by Gasteiger charge is 2.28. The molecule has 2 N–H and O–H groups in total. The fourth-order valence-corrected chi connectivity index (χ4v) is 2.24. The molecule has 0 aliphatic rings. The van der Waals surface area contributed by atoms with E-state index in [1.807, 2.05) is 13.0 Å². The molecule has 4 heteroatoms. The van der Waals surface area contributed by atoms with Crippen molar-refractivity contribution in [3.8, 4) is 11.5 Å². The number of aliphatic hydroxyl groups excluding tert-OH is 1. The molecule has 0 saturated carbocycles. The third-order valence-electron chi connectivity index (χ3n) is 3.09. The Morgan fingerprint density at radius 1 is 1.22 bits per heavy atom. The van der Waals surface area contributed by atoms with Crippen LogP contribution in [-0.2, 0) is 5.60 Å². The Morgan fingerprint density at radius 2 is 1.89 bits per heavy atom. The molecule has 0 spiro atoms. The van der Waals surface area contributed by atoms with E-state index in [2.05, 4.69) is 0 Å². The highest BCUT2D eigenvalue weighted by Crippen LogP contribution is 2.38. The summed E-state index contributed by atoms with van der Waals surface area (Å²) in [4.78, 5) is 0. The topological polar surface area (TPSA) is 58.9 Å². The van der Waals surface area contributed by atoms with Gasteiger partial charge in [-0.2, -0.15) is 0 Å². The third-order valence-corrected chi connectivity index (χ3v) is 3.09. The molecule has 1 atom stereocenters. The highest BCUT2D eigenvalue weighted by molar-refractivity contribution is 5.49. The van der Waals surface area contributed by atoms with Gasteiger partial charge in [-0.1, -0.05) is 0 Å². The van der Waals surface area contributed by atoms with Crippen LogP contribution in [0.2, 0.25) is 0 Å². The second-order valence-electron chi connectivity index (χ2n) is 4.62. The largest absolute Gasteiger partial charge is 0.497 e. The van der Waals surface area contributed by atoms with Gasteiger partial charge in [0, 0.05) is 18.2 Å². The lowest BCUT2D eigenvalue weighted by Crippen LogP contribution is -2.23. The number of hydrogen-bond donors (Lipinski definition) is 2. The predicted octanol–water partition coefficient (Wildman–Crippen LogP) is 1.99. The van der Waals surface area contributed by atoms with Gasteiger partial charge in [0.15, 0.2) is 0 Å². The van der Waals surface area contributed by atoms with Crippen molar-refractivity contribution in [1.82, 2.24) is 0 Å². The van der Waals surface area contributed by atoms with E-state index in [0.717, 1.165) is 11.1 Å². The number of benzene rings is 1. The maximum absolute atomic E-state index is 10.5. The standard InChI is InChI=1S/C14H22O4/c1-10-8-11(17-3)9-12(18-4)13(10)14(2,16)6-5-7-15/h8-9,15-16H,5-7H2,1-4H3. The number of methoxy groups -OCH3 is 2. The zero-order chi connectivity index (χ0) is 13.8. The molecule has 102 valence electrons. The molecule has 0 aliphatic carbocycles. The Morgan fingerprint density at radius 3 is 2.39 bits per heavy atom. The molecule has 4 nitrogen and oxygen atoms in total. The molecular formula is C14H22O4. The van der Waals surface area contributed by atoms with Crippen LogP contribution in [-0.4, -0.2) is 31.0 Å². The molecule has 0 amide bonds. The molecule has 0 radical (unpaired) electrons. The molecule has 0 aromatic heterocycles. The number of aryl methyl sites for hydroxylation is 1. The van der Waals surface area contributed by atoms with Crippen molar-refractivity contribution in [3.63, 3.8) is 0 Å². The smallest absolute Gasteiger partial charge is 0.128 e. The number of hydrogen-bond acceptors (Lipinski definition) is 4. The SMILES string of the molecule is COc1cc(C)c(C(C)(O)CCCO)c(OC)c1. The molecule has 1 unspecified atom stereocenters. The van der Waals surface area contributed by atoms with Gasteiger partial charge in [0.25, 0.3) is 0 Å². The highest BCUT2D eigenvalue weighted by atomic mass is 16.5. The zero-order valence-electron chi connectivity index (χ0n) is 11.5. The minimum absolute atomic E-state index is 0.0632. The van der Waals surface area contributed by atoms with Crippen LogP contribution in [0.3, 0.4) is 0 Å². The summed E-state index contributed by atoms with van der Waals surface area (Å²) in [5.41, 5.74) is 0.637. The van der Waals surface area contributed by atoms with Gasteiger partial charge in [0.1, 0.15) is 11.5 Å². The second kappa shape index (κ2) is 6.07. The molecule has 0 bridgehead atoms. The first kappa shape index (κ1) is 14.8. The lowest BCUT2D eigenvalue weighted by Gasteiger charge is -2.28. The maximum Gasteiger partial charge on any atom is 0.128 e. The average molecular weight is 254 g/mol. The van der Waals surface area contributed by atoms with E-state index in [4.69, 9.17) is 14.6 Å². The van der Waals surface area contributed by atoms with Crippen LogP contribution in [0.15, 0.2) is 12.1 Å². The van der Waals surface area contributed by atoms with Crippen LogP contribution in [0.5, 0.6) is 11.5 Å². The van der Waals surface area contributed by atoms with Gasteiger partial charge >= 0.3 is 0 Å². The summed E-state index contributed by atoms with van der Waals surface area (Å²) < 4.78 is 10.5. The van der Waals surface area contributed by atoms with Gasteiger partial charge in [-0.3, -0.25) is 0 Å². The van der Waals surface area contributed by atoms with E-state index in [-0.39, 0.29) is 6.61 Å². The number of rotatable bonds is 6. The van der Waals surface area contributed by atoms with Crippen molar-refractivity contribution < 1.29 is 19.7 Å². The van der Waals surface area contributed by atoms with E-state index in [9.17, 15) is 5.11 Å². The van der Waals surface area contributed by atoms with Crippen molar-refractivity contribution in [2.24, 2.45) is 0 Å². The monoisotopic (exact) mass is 254 g/mol. The lowest BCUT2D eigenvalue weighted by atomic mass is 9.87. The van der Waals surface area contributed by atoms with Gasteiger partial charge in [0.05, 0.1) is 19.8 Å². The molecule has 1 aromatic rings. The Labute approximate surface area is 108 Å². The molecule has 0 aliphatic heterocycles. The van der Waals surface area contributed by atoms with E-state index in [1.165, 1.54) is 0 Å². The normalized spacial score (nSPS) is 14.1. The Balaban J connectivity index is 3.21. The van der Waals surface area contributed by atoms with Crippen LogP contribution in [0.4, 0.5) is 0 Å².